The normalized spacial score (nSPS) is 16.8. The van der Waals surface area contributed by atoms with Crippen LogP contribution in [0.2, 0.25) is 0 Å². The Bertz CT molecular complexity index is 1320. The minimum Gasteiger partial charge on any atom is -0.306 e. The fraction of sp³-hybridized carbons (Fsp3) is 0.391. The average molecular weight is 476 g/mol. The maximum atomic E-state index is 13.5. The lowest BCUT2D eigenvalue weighted by Gasteiger charge is -2.29. The van der Waals surface area contributed by atoms with E-state index in [4.69, 9.17) is 0 Å². The number of aromatic nitrogens is 1. The number of benzene rings is 2. The van der Waals surface area contributed by atoms with E-state index >= 15 is 0 Å². The maximum Gasteiger partial charge on any atom is 0.268 e. The van der Waals surface area contributed by atoms with E-state index in [0.717, 1.165) is 22.6 Å². The highest BCUT2D eigenvalue weighted by atomic mass is 32.2. The van der Waals surface area contributed by atoms with Gasteiger partial charge < -0.3 is 4.90 Å². The van der Waals surface area contributed by atoms with Crippen molar-refractivity contribution in [3.05, 3.63) is 60.3 Å². The van der Waals surface area contributed by atoms with Gasteiger partial charge in [0.15, 0.2) is 0 Å². The van der Waals surface area contributed by atoms with Crippen molar-refractivity contribution in [1.82, 2.24) is 13.6 Å². The molecule has 0 saturated carbocycles. The minimum atomic E-state index is -3.97. The van der Waals surface area contributed by atoms with E-state index in [1.807, 2.05) is 27.0 Å². The summed E-state index contributed by atoms with van der Waals surface area (Å²) in [7, 11) is -5.89. The second-order valence-electron chi connectivity index (χ2n) is 8.70. The summed E-state index contributed by atoms with van der Waals surface area (Å²) in [5, 5.41) is 0.461. The van der Waals surface area contributed by atoms with Crippen molar-refractivity contribution >= 4 is 30.9 Å². The van der Waals surface area contributed by atoms with Gasteiger partial charge in [-0.1, -0.05) is 44.2 Å². The van der Waals surface area contributed by atoms with Crippen LogP contribution in [0.4, 0.5) is 0 Å². The first-order valence-corrected chi connectivity index (χ1v) is 13.7. The van der Waals surface area contributed by atoms with Crippen molar-refractivity contribution in [3.63, 3.8) is 0 Å². The molecule has 172 valence electrons. The number of rotatable bonds is 6. The number of sulfonamides is 1. The van der Waals surface area contributed by atoms with Crippen LogP contribution in [0, 0.1) is 0 Å². The quantitative estimate of drug-likeness (QED) is 0.591. The van der Waals surface area contributed by atoms with Crippen LogP contribution in [0.25, 0.3) is 10.9 Å². The van der Waals surface area contributed by atoms with Crippen molar-refractivity contribution in [2.75, 3.05) is 20.1 Å². The topological polar surface area (TPSA) is 88.5 Å². The van der Waals surface area contributed by atoms with Crippen molar-refractivity contribution in [2.45, 2.75) is 48.4 Å². The van der Waals surface area contributed by atoms with Gasteiger partial charge in [-0.05, 0) is 62.7 Å². The van der Waals surface area contributed by atoms with Crippen LogP contribution in [0.3, 0.4) is 0 Å². The third kappa shape index (κ3) is 4.22. The lowest BCUT2D eigenvalue weighted by Crippen LogP contribution is -2.43. The van der Waals surface area contributed by atoms with Crippen LogP contribution in [0.5, 0.6) is 0 Å². The van der Waals surface area contributed by atoms with Crippen molar-refractivity contribution < 1.29 is 16.8 Å². The average Bonchev–Trinajstić information content (AvgIpc) is 3.17. The highest BCUT2D eigenvalue weighted by Gasteiger charge is 2.31. The second kappa shape index (κ2) is 8.62. The molecule has 2 heterocycles. The summed E-state index contributed by atoms with van der Waals surface area (Å²) < 4.78 is 57.8. The molecule has 0 radical (unpaired) electrons. The van der Waals surface area contributed by atoms with Gasteiger partial charge in [0.25, 0.3) is 10.0 Å². The predicted octanol–water partition coefficient (Wildman–Crippen LogP) is 3.37. The van der Waals surface area contributed by atoms with Gasteiger partial charge >= 0.3 is 0 Å². The Labute approximate surface area is 190 Å². The zero-order valence-corrected chi connectivity index (χ0v) is 20.2. The Balaban J connectivity index is 1.89. The number of likely N-dealkylation sites (tertiary alicyclic amines) is 1. The Hall–Kier alpha value is -2.20. The molecule has 0 spiro atoms. The fourth-order valence-corrected chi connectivity index (χ4v) is 7.24. The molecule has 9 heteroatoms. The van der Waals surface area contributed by atoms with E-state index in [2.05, 4.69) is 9.62 Å². The van der Waals surface area contributed by atoms with E-state index in [9.17, 15) is 16.8 Å². The van der Waals surface area contributed by atoms with Crippen molar-refractivity contribution in [2.24, 2.45) is 0 Å². The monoisotopic (exact) mass is 475 g/mol. The molecular formula is C23H29N3O4S2. The lowest BCUT2D eigenvalue weighted by atomic mass is 9.99. The van der Waals surface area contributed by atoms with Crippen LogP contribution in [-0.2, 0) is 20.0 Å². The highest BCUT2D eigenvalue weighted by molar-refractivity contribution is 7.91. The minimum absolute atomic E-state index is 0.00948. The Kier molecular flexibility index (Phi) is 6.19. The van der Waals surface area contributed by atoms with Gasteiger partial charge in [0.1, 0.15) is 4.90 Å². The van der Waals surface area contributed by atoms with Crippen molar-refractivity contribution in [1.29, 1.82) is 0 Å². The molecule has 0 unspecified atom stereocenters. The zero-order chi connectivity index (χ0) is 23.1. The first-order valence-electron chi connectivity index (χ1n) is 10.8. The van der Waals surface area contributed by atoms with Gasteiger partial charge in [-0.25, -0.2) is 25.5 Å². The summed E-state index contributed by atoms with van der Waals surface area (Å²) >= 11 is 0. The van der Waals surface area contributed by atoms with Gasteiger partial charge in [-0.3, -0.25) is 0 Å². The maximum absolute atomic E-state index is 13.5. The number of fused-ring (bicyclic) bond motifs is 1. The molecule has 1 N–H and O–H groups in total. The molecule has 4 rings (SSSR count). The summed E-state index contributed by atoms with van der Waals surface area (Å²) in [4.78, 5) is 2.29. The van der Waals surface area contributed by atoms with Gasteiger partial charge in [0.05, 0.1) is 10.4 Å². The summed E-state index contributed by atoms with van der Waals surface area (Å²) in [6.07, 6.45) is 2.69. The molecule has 1 aliphatic heterocycles. The zero-order valence-electron chi connectivity index (χ0n) is 18.5. The summed E-state index contributed by atoms with van der Waals surface area (Å²) in [5.74, 6) is 0.0197. The number of hydrogen-bond donors (Lipinski definition) is 1. The molecule has 1 aromatic heterocycles. The summed E-state index contributed by atoms with van der Waals surface area (Å²) in [6, 6.07) is 13.2. The SMILES string of the molecule is CC(C)c1cccc2c1c(S(=O)(=O)NC1CCN(C)CC1)cn2S(=O)(=O)c1ccccc1. The molecule has 0 atom stereocenters. The first-order chi connectivity index (χ1) is 15.1. The molecule has 0 bridgehead atoms. The molecule has 32 heavy (non-hydrogen) atoms. The van der Waals surface area contributed by atoms with Gasteiger partial charge in [-0.2, -0.15) is 0 Å². The molecule has 2 aromatic carbocycles. The standard InChI is InChI=1S/C23H29N3O4S2/c1-17(2)20-10-7-11-21-23(20)22(31(27,28)24-18-12-14-25(3)15-13-18)16-26(21)32(29,30)19-8-5-4-6-9-19/h4-11,16-18,24H,12-15H2,1-3H3. The van der Waals surface area contributed by atoms with Gasteiger partial charge in [0, 0.05) is 17.6 Å². The summed E-state index contributed by atoms with van der Waals surface area (Å²) in [5.41, 5.74) is 1.16. The molecule has 1 aliphatic rings. The van der Waals surface area contributed by atoms with Gasteiger partial charge in [-0.15, -0.1) is 0 Å². The van der Waals surface area contributed by atoms with Crippen LogP contribution >= 0.6 is 0 Å². The molecule has 0 aliphatic carbocycles. The highest BCUT2D eigenvalue weighted by Crippen LogP contribution is 2.35. The third-order valence-corrected chi connectivity index (χ3v) is 9.27. The van der Waals surface area contributed by atoms with Crippen LogP contribution in [0.15, 0.2) is 64.5 Å². The molecule has 1 saturated heterocycles. The molecule has 3 aromatic rings. The lowest BCUT2D eigenvalue weighted by molar-refractivity contribution is 0.248. The smallest absolute Gasteiger partial charge is 0.268 e. The van der Waals surface area contributed by atoms with Crippen LogP contribution in [-0.4, -0.2) is 51.9 Å². The molecular weight excluding hydrogens is 446 g/mol. The van der Waals surface area contributed by atoms with E-state index in [-0.39, 0.29) is 21.8 Å². The van der Waals surface area contributed by atoms with Crippen LogP contribution < -0.4 is 4.72 Å². The van der Waals surface area contributed by atoms with E-state index in [1.165, 1.54) is 18.3 Å². The van der Waals surface area contributed by atoms with Crippen molar-refractivity contribution in [3.8, 4) is 0 Å². The molecule has 0 amide bonds. The Morgan fingerprint density at radius 3 is 2.22 bits per heavy atom. The number of piperidine rings is 1. The molecule has 1 fully saturated rings. The number of nitrogens with one attached hydrogen (secondary N) is 1. The Morgan fingerprint density at radius 1 is 0.938 bits per heavy atom. The second-order valence-corrected chi connectivity index (χ2v) is 12.2. The van der Waals surface area contributed by atoms with E-state index in [0.29, 0.717) is 23.7 Å². The van der Waals surface area contributed by atoms with Gasteiger partial charge in [0.2, 0.25) is 10.0 Å². The fourth-order valence-electron chi connectivity index (χ4n) is 4.25. The first kappa shape index (κ1) is 23.0. The molecule has 7 nitrogen and oxygen atoms in total. The van der Waals surface area contributed by atoms with Crippen LogP contribution in [0.1, 0.15) is 38.2 Å². The largest absolute Gasteiger partial charge is 0.306 e. The van der Waals surface area contributed by atoms with E-state index < -0.39 is 20.0 Å². The third-order valence-electron chi connectivity index (χ3n) is 6.04. The van der Waals surface area contributed by atoms with E-state index in [1.54, 1.807) is 30.3 Å². The number of hydrogen-bond acceptors (Lipinski definition) is 5. The predicted molar refractivity (Wildman–Crippen MR) is 126 cm³/mol. The Morgan fingerprint density at radius 2 is 1.59 bits per heavy atom. The number of nitrogens with zero attached hydrogens (tertiary/aromatic N) is 2. The summed E-state index contributed by atoms with van der Waals surface area (Å²) in [6.45, 7) is 5.57.